The third kappa shape index (κ3) is 5.33. The summed E-state index contributed by atoms with van der Waals surface area (Å²) in [6.07, 6.45) is 0. The minimum Gasteiger partial charge on any atom is -0.310 e. The van der Waals surface area contributed by atoms with Crippen molar-refractivity contribution >= 4 is 27.8 Å². The van der Waals surface area contributed by atoms with Crippen LogP contribution in [0.2, 0.25) is 0 Å². The fraction of sp³-hybridized carbons (Fsp3) is 0.0986. The van der Waals surface area contributed by atoms with Gasteiger partial charge in [-0.15, -0.1) is 0 Å². The fourth-order valence-corrected chi connectivity index (χ4v) is 14.1. The zero-order valence-corrected chi connectivity index (χ0v) is 41.0. The predicted octanol–water partition coefficient (Wildman–Crippen LogP) is 18.6. The third-order valence-corrected chi connectivity index (χ3v) is 17.3. The molecule has 340 valence electrons. The molecule has 0 atom stereocenters. The Bertz CT molecular complexity index is 3940. The molecule has 1 heteroatoms. The predicted molar refractivity (Wildman–Crippen MR) is 301 cm³/mol. The largest absolute Gasteiger partial charge is 0.310 e. The molecule has 0 bridgehead atoms. The number of rotatable bonds is 5. The van der Waals surface area contributed by atoms with Gasteiger partial charge in [-0.1, -0.05) is 228 Å². The van der Waals surface area contributed by atoms with E-state index in [0.717, 1.165) is 17.1 Å². The van der Waals surface area contributed by atoms with Crippen molar-refractivity contribution in [2.24, 2.45) is 0 Å². The summed E-state index contributed by atoms with van der Waals surface area (Å²) in [5.74, 6) is 0. The van der Waals surface area contributed by atoms with Gasteiger partial charge in [-0.05, 0) is 158 Å². The molecular weight excluding hydrogens is 867 g/mol. The summed E-state index contributed by atoms with van der Waals surface area (Å²) in [5.41, 5.74) is 29.1. The maximum atomic E-state index is 2.50. The Balaban J connectivity index is 0.970. The highest BCUT2D eigenvalue weighted by Crippen LogP contribution is 2.67. The van der Waals surface area contributed by atoms with Gasteiger partial charge in [0.2, 0.25) is 0 Å². The van der Waals surface area contributed by atoms with Gasteiger partial charge in [-0.2, -0.15) is 0 Å². The molecule has 4 aliphatic rings. The van der Waals surface area contributed by atoms with Crippen molar-refractivity contribution in [3.05, 3.63) is 281 Å². The zero-order valence-electron chi connectivity index (χ0n) is 41.0. The summed E-state index contributed by atoms with van der Waals surface area (Å²) in [4.78, 5) is 2.50. The molecule has 1 nitrogen and oxygen atoms in total. The van der Waals surface area contributed by atoms with E-state index >= 15 is 0 Å². The number of fused-ring (bicyclic) bond motifs is 18. The van der Waals surface area contributed by atoms with Crippen LogP contribution in [0.5, 0.6) is 0 Å². The van der Waals surface area contributed by atoms with E-state index in [0.29, 0.717) is 0 Å². The number of hydrogen-bond acceptors (Lipinski definition) is 1. The molecule has 0 N–H and O–H groups in total. The summed E-state index contributed by atoms with van der Waals surface area (Å²) >= 11 is 0. The minimum absolute atomic E-state index is 0.138. The second kappa shape index (κ2) is 14.8. The molecule has 0 radical (unpaired) electrons. The first kappa shape index (κ1) is 41.3. The molecule has 11 aromatic rings. The molecule has 0 aliphatic heterocycles. The van der Waals surface area contributed by atoms with Crippen molar-refractivity contribution in [2.45, 2.75) is 43.9 Å². The molecule has 4 aliphatic carbocycles. The van der Waals surface area contributed by atoms with Crippen LogP contribution in [0, 0.1) is 0 Å². The van der Waals surface area contributed by atoms with E-state index in [1.54, 1.807) is 0 Å². The molecule has 0 heterocycles. The van der Waals surface area contributed by atoms with Gasteiger partial charge in [0.15, 0.2) is 0 Å². The number of anilines is 3. The van der Waals surface area contributed by atoms with Crippen molar-refractivity contribution < 1.29 is 0 Å². The van der Waals surface area contributed by atoms with Gasteiger partial charge in [0.05, 0.1) is 5.41 Å². The van der Waals surface area contributed by atoms with E-state index in [9.17, 15) is 0 Å². The van der Waals surface area contributed by atoms with Crippen LogP contribution in [0.4, 0.5) is 17.1 Å². The van der Waals surface area contributed by atoms with Crippen molar-refractivity contribution in [1.29, 1.82) is 0 Å². The molecule has 72 heavy (non-hydrogen) atoms. The van der Waals surface area contributed by atoms with Gasteiger partial charge in [0.1, 0.15) is 0 Å². The summed E-state index contributed by atoms with van der Waals surface area (Å²) < 4.78 is 0. The molecule has 1 spiro atoms. The van der Waals surface area contributed by atoms with E-state index in [1.807, 2.05) is 0 Å². The quantitative estimate of drug-likeness (QED) is 0.166. The van der Waals surface area contributed by atoms with Crippen LogP contribution >= 0.6 is 0 Å². The lowest BCUT2D eigenvalue weighted by Gasteiger charge is -2.32. The van der Waals surface area contributed by atoms with E-state index in [1.165, 1.54) is 122 Å². The average Bonchev–Trinajstić information content (AvgIpc) is 4.06. The summed E-state index contributed by atoms with van der Waals surface area (Å²) in [6, 6.07) is 89.7. The van der Waals surface area contributed by atoms with Crippen LogP contribution in [-0.2, 0) is 16.2 Å². The maximum absolute atomic E-state index is 2.50. The molecule has 15 rings (SSSR count). The number of benzene rings is 11. The topological polar surface area (TPSA) is 3.24 Å². The average molecular weight is 918 g/mol. The second-order valence-corrected chi connectivity index (χ2v) is 21.5. The Hall–Kier alpha value is -8.52. The SMILES string of the molecule is CC1(C)c2ccccc2-c2ccc(N(c3ccc(-c4c(-c5ccccc5)c5c(c6ccccc46)C4(c6ccccc6-c6ccccc64)c4ccccc4-5)cc3)c3ccc4c(c3)C(C)(C)c3ccccc3-4)cc21. The van der Waals surface area contributed by atoms with E-state index in [4.69, 9.17) is 0 Å². The first-order valence-electron chi connectivity index (χ1n) is 25.6. The van der Waals surface area contributed by atoms with Crippen LogP contribution in [0.3, 0.4) is 0 Å². The van der Waals surface area contributed by atoms with Gasteiger partial charge >= 0.3 is 0 Å². The van der Waals surface area contributed by atoms with E-state index in [-0.39, 0.29) is 10.8 Å². The van der Waals surface area contributed by atoms with Crippen LogP contribution < -0.4 is 4.90 Å². The lowest BCUT2D eigenvalue weighted by atomic mass is 9.68. The van der Waals surface area contributed by atoms with Gasteiger partial charge in [0, 0.05) is 27.9 Å². The van der Waals surface area contributed by atoms with Crippen molar-refractivity contribution in [1.82, 2.24) is 0 Å². The molecule has 0 fully saturated rings. The van der Waals surface area contributed by atoms with Crippen LogP contribution in [0.25, 0.3) is 77.5 Å². The van der Waals surface area contributed by atoms with Crippen LogP contribution in [0.15, 0.2) is 237 Å². The first-order valence-corrected chi connectivity index (χ1v) is 25.6. The molecular formula is C71H51N. The minimum atomic E-state index is -0.483. The summed E-state index contributed by atoms with van der Waals surface area (Å²) in [5, 5.41) is 2.55. The third-order valence-electron chi connectivity index (χ3n) is 17.3. The second-order valence-electron chi connectivity index (χ2n) is 21.5. The van der Waals surface area contributed by atoms with Crippen molar-refractivity contribution in [2.75, 3.05) is 4.90 Å². The highest BCUT2D eigenvalue weighted by atomic mass is 15.1. The molecule has 0 saturated carbocycles. The Morgan fingerprint density at radius 3 is 1.17 bits per heavy atom. The normalized spacial score (nSPS) is 15.0. The van der Waals surface area contributed by atoms with Crippen molar-refractivity contribution in [3.63, 3.8) is 0 Å². The summed E-state index contributed by atoms with van der Waals surface area (Å²) in [7, 11) is 0. The Morgan fingerprint density at radius 1 is 0.264 bits per heavy atom. The Kier molecular flexibility index (Phi) is 8.46. The van der Waals surface area contributed by atoms with Gasteiger partial charge < -0.3 is 4.90 Å². The lowest BCUT2D eigenvalue weighted by Crippen LogP contribution is -2.26. The summed E-state index contributed by atoms with van der Waals surface area (Å²) in [6.45, 7) is 9.52. The van der Waals surface area contributed by atoms with Crippen LogP contribution in [0.1, 0.15) is 72.2 Å². The molecule has 0 saturated heterocycles. The maximum Gasteiger partial charge on any atom is 0.0731 e. The van der Waals surface area contributed by atoms with E-state index in [2.05, 4.69) is 269 Å². The standard InChI is InChI=1S/C71H51N/c1-69(2)58-29-15-10-22-49(58)53-40-38-47(42-63(53)69)72(48-39-41-54-50-23-11-16-30-59(50)70(3,4)64(54)43-48)46-36-34-45(35-37-46)65-55-26-8-9-27-56(55)68-67(66(65)44-20-6-5-7-21-44)57-28-14-19-33-62(57)71(68)60-31-17-12-24-51(60)52-25-13-18-32-61(52)71/h5-43H,1-4H3. The van der Waals surface area contributed by atoms with Crippen molar-refractivity contribution in [3.8, 4) is 66.8 Å². The van der Waals surface area contributed by atoms with Gasteiger partial charge in [-0.25, -0.2) is 0 Å². The molecule has 0 amide bonds. The number of nitrogens with zero attached hydrogens (tertiary/aromatic N) is 1. The molecule has 0 aromatic heterocycles. The smallest absolute Gasteiger partial charge is 0.0731 e. The van der Waals surface area contributed by atoms with Gasteiger partial charge in [-0.3, -0.25) is 0 Å². The zero-order chi connectivity index (χ0) is 48.1. The number of hydrogen-bond donors (Lipinski definition) is 0. The monoisotopic (exact) mass is 917 g/mol. The Labute approximate surface area is 422 Å². The Morgan fingerprint density at radius 2 is 0.639 bits per heavy atom. The van der Waals surface area contributed by atoms with E-state index < -0.39 is 5.41 Å². The highest BCUT2D eigenvalue weighted by molar-refractivity contribution is 6.16. The highest BCUT2D eigenvalue weighted by Gasteiger charge is 2.53. The fourth-order valence-electron chi connectivity index (χ4n) is 14.1. The van der Waals surface area contributed by atoms with Gasteiger partial charge in [0.25, 0.3) is 0 Å². The molecule has 11 aromatic carbocycles. The van der Waals surface area contributed by atoms with Crippen LogP contribution in [-0.4, -0.2) is 0 Å². The first-order chi connectivity index (χ1) is 35.3. The lowest BCUT2D eigenvalue weighted by molar-refractivity contribution is 0.660. The molecule has 0 unspecified atom stereocenters.